The summed E-state index contributed by atoms with van der Waals surface area (Å²) < 4.78 is 0. The molecule has 1 aromatic carbocycles. The third kappa shape index (κ3) is 2.66. The van der Waals surface area contributed by atoms with E-state index in [1.807, 2.05) is 14.1 Å². The molecule has 98 valence electrons. The third-order valence-corrected chi connectivity index (χ3v) is 3.74. The number of piperidine rings is 1. The number of amides is 1. The van der Waals surface area contributed by atoms with E-state index in [-0.39, 0.29) is 11.8 Å². The van der Waals surface area contributed by atoms with Gasteiger partial charge in [0.15, 0.2) is 0 Å². The summed E-state index contributed by atoms with van der Waals surface area (Å²) in [6.45, 7) is 4.11. The van der Waals surface area contributed by atoms with Crippen LogP contribution >= 0.6 is 0 Å². The molecule has 1 heterocycles. The van der Waals surface area contributed by atoms with Gasteiger partial charge in [-0.05, 0) is 31.4 Å². The van der Waals surface area contributed by atoms with Gasteiger partial charge in [0, 0.05) is 38.8 Å². The molecule has 0 radical (unpaired) electrons. The Bertz CT molecular complexity index is 420. The molecule has 18 heavy (non-hydrogen) atoms. The van der Waals surface area contributed by atoms with Crippen LogP contribution in [0, 0.1) is 12.8 Å². The average Bonchev–Trinajstić information content (AvgIpc) is 2.38. The Kier molecular flexibility index (Phi) is 3.90. The standard InChI is InChI=1S/C15H22N2O/c1-12-6-4-5-7-14(12)17-10-8-13(9-11-17)15(18)16(2)3/h4-7,13H,8-11H2,1-3H3. The lowest BCUT2D eigenvalue weighted by atomic mass is 9.95. The summed E-state index contributed by atoms with van der Waals surface area (Å²) in [5.74, 6) is 0.486. The van der Waals surface area contributed by atoms with Crippen LogP contribution in [0.4, 0.5) is 5.69 Å². The minimum absolute atomic E-state index is 0.209. The molecule has 1 aromatic rings. The Labute approximate surface area is 109 Å². The fourth-order valence-corrected chi connectivity index (χ4v) is 2.65. The van der Waals surface area contributed by atoms with Gasteiger partial charge in [-0.2, -0.15) is 0 Å². The van der Waals surface area contributed by atoms with Crippen LogP contribution < -0.4 is 4.90 Å². The van der Waals surface area contributed by atoms with E-state index in [2.05, 4.69) is 36.1 Å². The van der Waals surface area contributed by atoms with Gasteiger partial charge < -0.3 is 9.80 Å². The lowest BCUT2D eigenvalue weighted by molar-refractivity contribution is -0.133. The summed E-state index contributed by atoms with van der Waals surface area (Å²) in [6.07, 6.45) is 1.93. The van der Waals surface area contributed by atoms with Crippen molar-refractivity contribution < 1.29 is 4.79 Å². The number of para-hydroxylation sites is 1. The summed E-state index contributed by atoms with van der Waals surface area (Å²) in [6, 6.07) is 8.47. The molecule has 2 rings (SSSR count). The molecule has 1 amide bonds. The van der Waals surface area contributed by atoms with E-state index in [1.165, 1.54) is 11.3 Å². The van der Waals surface area contributed by atoms with E-state index in [1.54, 1.807) is 4.90 Å². The van der Waals surface area contributed by atoms with Crippen molar-refractivity contribution in [3.63, 3.8) is 0 Å². The van der Waals surface area contributed by atoms with Crippen LogP contribution in [0.2, 0.25) is 0 Å². The average molecular weight is 246 g/mol. The summed E-state index contributed by atoms with van der Waals surface area (Å²) in [7, 11) is 3.69. The molecule has 1 saturated heterocycles. The lowest BCUT2D eigenvalue weighted by Gasteiger charge is -2.34. The monoisotopic (exact) mass is 246 g/mol. The fraction of sp³-hybridized carbons (Fsp3) is 0.533. The van der Waals surface area contributed by atoms with Gasteiger partial charge in [-0.15, -0.1) is 0 Å². The molecule has 0 atom stereocenters. The zero-order chi connectivity index (χ0) is 13.1. The van der Waals surface area contributed by atoms with Gasteiger partial charge in [-0.25, -0.2) is 0 Å². The number of nitrogens with zero attached hydrogens (tertiary/aromatic N) is 2. The molecule has 1 fully saturated rings. The summed E-state index contributed by atoms with van der Waals surface area (Å²) >= 11 is 0. The maximum absolute atomic E-state index is 11.9. The predicted octanol–water partition coefficient (Wildman–Crippen LogP) is 2.30. The molecule has 0 bridgehead atoms. The smallest absolute Gasteiger partial charge is 0.225 e. The predicted molar refractivity (Wildman–Crippen MR) is 74.8 cm³/mol. The van der Waals surface area contributed by atoms with Crippen LogP contribution in [0.25, 0.3) is 0 Å². The maximum atomic E-state index is 11.9. The first-order chi connectivity index (χ1) is 8.59. The molecule has 1 aliphatic heterocycles. The Morgan fingerprint density at radius 2 is 1.83 bits per heavy atom. The molecular formula is C15H22N2O. The van der Waals surface area contributed by atoms with Crippen molar-refractivity contribution in [1.82, 2.24) is 4.90 Å². The molecule has 0 spiro atoms. The number of hydrogen-bond acceptors (Lipinski definition) is 2. The van der Waals surface area contributed by atoms with Crippen LogP contribution in [-0.2, 0) is 4.79 Å². The van der Waals surface area contributed by atoms with E-state index >= 15 is 0 Å². The maximum Gasteiger partial charge on any atom is 0.225 e. The lowest BCUT2D eigenvalue weighted by Crippen LogP contribution is -2.40. The van der Waals surface area contributed by atoms with E-state index in [4.69, 9.17) is 0 Å². The zero-order valence-electron chi connectivity index (χ0n) is 11.5. The number of aryl methyl sites for hydroxylation is 1. The molecule has 3 heteroatoms. The molecule has 0 aromatic heterocycles. The number of hydrogen-bond donors (Lipinski definition) is 0. The van der Waals surface area contributed by atoms with E-state index in [9.17, 15) is 4.79 Å². The second-order valence-electron chi connectivity index (χ2n) is 5.28. The zero-order valence-corrected chi connectivity index (χ0v) is 11.5. The van der Waals surface area contributed by atoms with E-state index < -0.39 is 0 Å². The SMILES string of the molecule is Cc1ccccc1N1CCC(C(=O)N(C)C)CC1. The molecule has 0 saturated carbocycles. The van der Waals surface area contributed by atoms with Gasteiger partial charge in [0.05, 0.1) is 0 Å². The number of carbonyl (C=O) groups is 1. The summed E-state index contributed by atoms with van der Waals surface area (Å²) in [5, 5.41) is 0. The first-order valence-corrected chi connectivity index (χ1v) is 6.61. The van der Waals surface area contributed by atoms with Crippen LogP contribution in [-0.4, -0.2) is 38.0 Å². The Morgan fingerprint density at radius 3 is 2.39 bits per heavy atom. The first-order valence-electron chi connectivity index (χ1n) is 6.61. The van der Waals surface area contributed by atoms with E-state index in [0.717, 1.165) is 25.9 Å². The normalized spacial score (nSPS) is 16.7. The topological polar surface area (TPSA) is 23.6 Å². The highest BCUT2D eigenvalue weighted by atomic mass is 16.2. The largest absolute Gasteiger partial charge is 0.371 e. The Balaban J connectivity index is 1.99. The molecule has 0 N–H and O–H groups in total. The van der Waals surface area contributed by atoms with Gasteiger partial charge in [0.25, 0.3) is 0 Å². The summed E-state index contributed by atoms with van der Waals surface area (Å²) in [5.41, 5.74) is 2.63. The number of rotatable bonds is 2. The molecule has 1 aliphatic rings. The van der Waals surface area contributed by atoms with E-state index in [0.29, 0.717) is 0 Å². The second kappa shape index (κ2) is 5.42. The van der Waals surface area contributed by atoms with Gasteiger partial charge in [0.2, 0.25) is 5.91 Å². The quantitative estimate of drug-likeness (QED) is 0.799. The van der Waals surface area contributed by atoms with Gasteiger partial charge >= 0.3 is 0 Å². The summed E-state index contributed by atoms with van der Waals surface area (Å²) in [4.78, 5) is 16.0. The first kappa shape index (κ1) is 12.9. The molecule has 3 nitrogen and oxygen atoms in total. The van der Waals surface area contributed by atoms with Crippen LogP contribution in [0.1, 0.15) is 18.4 Å². The van der Waals surface area contributed by atoms with Crippen molar-refractivity contribution >= 4 is 11.6 Å². The van der Waals surface area contributed by atoms with Crippen molar-refractivity contribution in [3.05, 3.63) is 29.8 Å². The number of carbonyl (C=O) groups excluding carboxylic acids is 1. The highest BCUT2D eigenvalue weighted by molar-refractivity contribution is 5.78. The van der Waals surface area contributed by atoms with Gasteiger partial charge in [-0.3, -0.25) is 4.79 Å². The van der Waals surface area contributed by atoms with Crippen molar-refractivity contribution in [3.8, 4) is 0 Å². The van der Waals surface area contributed by atoms with Crippen molar-refractivity contribution in [2.24, 2.45) is 5.92 Å². The van der Waals surface area contributed by atoms with Crippen LogP contribution in [0.15, 0.2) is 24.3 Å². The van der Waals surface area contributed by atoms with Crippen LogP contribution in [0.5, 0.6) is 0 Å². The molecule has 0 aliphatic carbocycles. The third-order valence-electron chi connectivity index (χ3n) is 3.74. The van der Waals surface area contributed by atoms with Crippen molar-refractivity contribution in [1.29, 1.82) is 0 Å². The number of benzene rings is 1. The van der Waals surface area contributed by atoms with Crippen molar-refractivity contribution in [2.75, 3.05) is 32.1 Å². The molecule has 0 unspecified atom stereocenters. The highest BCUT2D eigenvalue weighted by Gasteiger charge is 2.26. The fourth-order valence-electron chi connectivity index (χ4n) is 2.65. The minimum Gasteiger partial charge on any atom is -0.371 e. The van der Waals surface area contributed by atoms with Gasteiger partial charge in [-0.1, -0.05) is 18.2 Å². The highest BCUT2D eigenvalue weighted by Crippen LogP contribution is 2.26. The van der Waals surface area contributed by atoms with Crippen LogP contribution in [0.3, 0.4) is 0 Å². The Hall–Kier alpha value is -1.51. The van der Waals surface area contributed by atoms with Crippen molar-refractivity contribution in [2.45, 2.75) is 19.8 Å². The Morgan fingerprint density at radius 1 is 1.22 bits per heavy atom. The van der Waals surface area contributed by atoms with Gasteiger partial charge in [0.1, 0.15) is 0 Å². The second-order valence-corrected chi connectivity index (χ2v) is 5.28. The minimum atomic E-state index is 0.209. The number of anilines is 1. The molecular weight excluding hydrogens is 224 g/mol.